The lowest BCUT2D eigenvalue weighted by Gasteiger charge is -2.23. The summed E-state index contributed by atoms with van der Waals surface area (Å²) < 4.78 is 7.25. The van der Waals surface area contributed by atoms with Crippen LogP contribution in [0.25, 0.3) is 0 Å². The van der Waals surface area contributed by atoms with Crippen LogP contribution in [0.3, 0.4) is 0 Å². The molecule has 1 saturated heterocycles. The average molecular weight is 366 g/mol. The second kappa shape index (κ2) is 6.36. The van der Waals surface area contributed by atoms with Gasteiger partial charge in [0.1, 0.15) is 5.76 Å². The van der Waals surface area contributed by atoms with Crippen molar-refractivity contribution in [1.82, 2.24) is 10.2 Å². The van der Waals surface area contributed by atoms with Gasteiger partial charge in [0.05, 0.1) is 11.0 Å². The zero-order chi connectivity index (χ0) is 12.3. The molecule has 1 fully saturated rings. The van der Waals surface area contributed by atoms with E-state index in [1.165, 1.54) is 25.9 Å². The molecule has 1 aliphatic heterocycles. The normalized spacial score (nSPS) is 18.8. The number of nitrogens with one attached hydrogen (secondary N) is 1. The monoisotopic (exact) mass is 364 g/mol. The summed E-state index contributed by atoms with van der Waals surface area (Å²) in [5.74, 6) is 0.956. The summed E-state index contributed by atoms with van der Waals surface area (Å²) in [6.45, 7) is 6.58. The highest BCUT2D eigenvalue weighted by Crippen LogP contribution is 2.26. The molecule has 0 radical (unpaired) electrons. The minimum atomic E-state index is 0.611. The fourth-order valence-electron chi connectivity index (χ4n) is 2.19. The third kappa shape index (κ3) is 3.81. The molecule has 1 aromatic rings. The Balaban J connectivity index is 1.71. The van der Waals surface area contributed by atoms with Gasteiger partial charge in [-0.05, 0) is 70.8 Å². The van der Waals surface area contributed by atoms with Crippen LogP contribution < -0.4 is 5.32 Å². The van der Waals surface area contributed by atoms with E-state index >= 15 is 0 Å². The highest BCUT2D eigenvalue weighted by Gasteiger charge is 2.17. The molecule has 1 atom stereocenters. The van der Waals surface area contributed by atoms with Crippen LogP contribution in [-0.2, 0) is 6.54 Å². The molecule has 0 amide bonds. The van der Waals surface area contributed by atoms with Gasteiger partial charge < -0.3 is 9.73 Å². The first kappa shape index (κ1) is 13.6. The summed E-state index contributed by atoms with van der Waals surface area (Å²) in [7, 11) is 0. The van der Waals surface area contributed by atoms with E-state index in [1.54, 1.807) is 0 Å². The molecule has 1 aromatic heterocycles. The lowest BCUT2D eigenvalue weighted by Crippen LogP contribution is -2.38. The molecule has 2 heterocycles. The summed E-state index contributed by atoms with van der Waals surface area (Å²) >= 11 is 6.76. The second-order valence-corrected chi connectivity index (χ2v) is 6.13. The predicted octanol–water partition coefficient (Wildman–Crippen LogP) is 3.38. The first-order valence-electron chi connectivity index (χ1n) is 6.05. The molecule has 1 N–H and O–H groups in total. The van der Waals surface area contributed by atoms with Gasteiger partial charge in [-0.15, -0.1) is 0 Å². The third-order valence-electron chi connectivity index (χ3n) is 3.20. The van der Waals surface area contributed by atoms with Crippen molar-refractivity contribution in [3.8, 4) is 0 Å². The number of likely N-dealkylation sites (tertiary alicyclic amines) is 1. The highest BCUT2D eigenvalue weighted by atomic mass is 79.9. The summed E-state index contributed by atoms with van der Waals surface area (Å²) in [5.41, 5.74) is 0. The van der Waals surface area contributed by atoms with Gasteiger partial charge in [0.25, 0.3) is 0 Å². The Kier molecular flexibility index (Phi) is 5.09. The van der Waals surface area contributed by atoms with Crippen LogP contribution >= 0.6 is 31.9 Å². The maximum atomic E-state index is 5.52. The number of rotatable bonds is 5. The summed E-state index contributed by atoms with van der Waals surface area (Å²) in [5, 5.41) is 3.44. The number of nitrogens with zero attached hydrogens (tertiary/aromatic N) is 1. The topological polar surface area (TPSA) is 28.4 Å². The van der Waals surface area contributed by atoms with Crippen LogP contribution in [0.2, 0.25) is 0 Å². The van der Waals surface area contributed by atoms with Gasteiger partial charge in [-0.25, -0.2) is 0 Å². The molecule has 0 spiro atoms. The molecule has 96 valence electrons. The van der Waals surface area contributed by atoms with Gasteiger partial charge in [0.15, 0.2) is 4.67 Å². The van der Waals surface area contributed by atoms with Gasteiger partial charge in [0, 0.05) is 12.6 Å². The molecule has 0 aliphatic carbocycles. The first-order chi connectivity index (χ1) is 8.16. The number of furan rings is 1. The van der Waals surface area contributed by atoms with Gasteiger partial charge >= 0.3 is 0 Å². The fourth-order valence-corrected chi connectivity index (χ4v) is 2.85. The Hall–Kier alpha value is 0.160. The van der Waals surface area contributed by atoms with Crippen molar-refractivity contribution in [2.45, 2.75) is 32.4 Å². The van der Waals surface area contributed by atoms with Gasteiger partial charge in [0.2, 0.25) is 0 Å². The van der Waals surface area contributed by atoms with Crippen molar-refractivity contribution in [3.05, 3.63) is 21.0 Å². The molecule has 1 unspecified atom stereocenters. The van der Waals surface area contributed by atoms with E-state index in [2.05, 4.69) is 49.0 Å². The summed E-state index contributed by atoms with van der Waals surface area (Å²) in [4.78, 5) is 2.54. The van der Waals surface area contributed by atoms with E-state index < -0.39 is 0 Å². The second-order valence-electron chi connectivity index (χ2n) is 4.56. The number of hydrogen-bond donors (Lipinski definition) is 1. The largest absolute Gasteiger partial charge is 0.452 e. The molecule has 0 bridgehead atoms. The fraction of sp³-hybridized carbons (Fsp3) is 0.667. The van der Waals surface area contributed by atoms with E-state index in [4.69, 9.17) is 4.42 Å². The first-order valence-corrected chi connectivity index (χ1v) is 7.64. The lowest BCUT2D eigenvalue weighted by atomic mass is 10.3. The molecule has 5 heteroatoms. The van der Waals surface area contributed by atoms with E-state index in [0.717, 1.165) is 28.0 Å². The Morgan fingerprint density at radius 2 is 2.12 bits per heavy atom. The van der Waals surface area contributed by atoms with Crippen molar-refractivity contribution in [3.63, 3.8) is 0 Å². The van der Waals surface area contributed by atoms with Crippen molar-refractivity contribution in [1.29, 1.82) is 0 Å². The quantitative estimate of drug-likeness (QED) is 0.866. The SMILES string of the molecule is CC(CNCc1cc(Br)c(Br)o1)N1CCCC1. The van der Waals surface area contributed by atoms with E-state index in [-0.39, 0.29) is 0 Å². The van der Waals surface area contributed by atoms with Crippen LogP contribution in [0.1, 0.15) is 25.5 Å². The van der Waals surface area contributed by atoms with E-state index in [0.29, 0.717) is 6.04 Å². The summed E-state index contributed by atoms with van der Waals surface area (Å²) in [6, 6.07) is 2.61. The standard InChI is InChI=1S/C12H18Br2N2O/c1-9(16-4-2-3-5-16)7-15-8-10-6-11(13)12(14)17-10/h6,9,15H,2-5,7-8H2,1H3. The zero-order valence-corrected chi connectivity index (χ0v) is 13.2. The predicted molar refractivity (Wildman–Crippen MR) is 76.1 cm³/mol. The molecule has 1 aliphatic rings. The molecule has 0 saturated carbocycles. The van der Waals surface area contributed by atoms with Crippen molar-refractivity contribution in [2.75, 3.05) is 19.6 Å². The Labute approximate surface area is 119 Å². The van der Waals surface area contributed by atoms with Crippen LogP contribution in [0, 0.1) is 0 Å². The van der Waals surface area contributed by atoms with Gasteiger partial charge in [-0.1, -0.05) is 0 Å². The van der Waals surface area contributed by atoms with Crippen LogP contribution in [0.4, 0.5) is 0 Å². The van der Waals surface area contributed by atoms with E-state index in [1.807, 2.05) is 6.07 Å². The molecular weight excluding hydrogens is 348 g/mol. The van der Waals surface area contributed by atoms with Gasteiger partial charge in [-0.3, -0.25) is 4.90 Å². The maximum Gasteiger partial charge on any atom is 0.183 e. The van der Waals surface area contributed by atoms with Crippen molar-refractivity contribution in [2.24, 2.45) is 0 Å². The average Bonchev–Trinajstić information content (AvgIpc) is 2.90. The van der Waals surface area contributed by atoms with Crippen LogP contribution in [0.15, 0.2) is 19.6 Å². The Morgan fingerprint density at radius 1 is 1.41 bits per heavy atom. The Morgan fingerprint density at radius 3 is 2.71 bits per heavy atom. The van der Waals surface area contributed by atoms with Crippen LogP contribution in [0.5, 0.6) is 0 Å². The molecule has 3 nitrogen and oxygen atoms in total. The zero-order valence-electron chi connectivity index (χ0n) is 10.0. The number of halogens is 2. The lowest BCUT2D eigenvalue weighted by molar-refractivity contribution is 0.250. The minimum Gasteiger partial charge on any atom is -0.452 e. The maximum absolute atomic E-state index is 5.52. The Bertz CT molecular complexity index is 342. The molecule has 0 aromatic carbocycles. The third-order valence-corrected chi connectivity index (χ3v) is 4.91. The van der Waals surface area contributed by atoms with Crippen molar-refractivity contribution < 1.29 is 4.42 Å². The van der Waals surface area contributed by atoms with Crippen LogP contribution in [-0.4, -0.2) is 30.6 Å². The molecule has 17 heavy (non-hydrogen) atoms. The van der Waals surface area contributed by atoms with E-state index in [9.17, 15) is 0 Å². The highest BCUT2D eigenvalue weighted by molar-refractivity contribution is 9.13. The van der Waals surface area contributed by atoms with Gasteiger partial charge in [-0.2, -0.15) is 0 Å². The van der Waals surface area contributed by atoms with Crippen molar-refractivity contribution >= 4 is 31.9 Å². The molecule has 2 rings (SSSR count). The minimum absolute atomic E-state index is 0.611. The molecular formula is C12H18Br2N2O. The number of hydrogen-bond acceptors (Lipinski definition) is 3. The smallest absolute Gasteiger partial charge is 0.183 e. The summed E-state index contributed by atoms with van der Waals surface area (Å²) in [6.07, 6.45) is 2.70.